The summed E-state index contributed by atoms with van der Waals surface area (Å²) in [6.45, 7) is 5.76. The highest BCUT2D eigenvalue weighted by molar-refractivity contribution is 7.90. The number of rotatable bonds is 4. The maximum Gasteiger partial charge on any atom is 0.272 e. The van der Waals surface area contributed by atoms with Gasteiger partial charge in [-0.15, -0.1) is 0 Å². The van der Waals surface area contributed by atoms with Crippen molar-refractivity contribution < 1.29 is 31.5 Å². The molecular formula is C37H46ClF2N3O5S. The van der Waals surface area contributed by atoms with Gasteiger partial charge >= 0.3 is 0 Å². The minimum absolute atomic E-state index is 0.0229. The summed E-state index contributed by atoms with van der Waals surface area (Å²) >= 11 is 6.43. The van der Waals surface area contributed by atoms with Crippen LogP contribution < -0.4 is 14.4 Å². The number of carbonyl (C=O) groups is 1. The molecule has 1 saturated heterocycles. The molecule has 2 aromatic rings. The Labute approximate surface area is 293 Å². The number of anilines is 1. The van der Waals surface area contributed by atoms with Gasteiger partial charge < -0.3 is 14.4 Å². The first kappa shape index (κ1) is 34.7. The Morgan fingerprint density at radius 2 is 1.92 bits per heavy atom. The summed E-state index contributed by atoms with van der Waals surface area (Å²) in [5, 5.41) is 0.707. The molecule has 1 saturated carbocycles. The van der Waals surface area contributed by atoms with Crippen LogP contribution in [-0.4, -0.2) is 77.2 Å². The molecule has 3 heterocycles. The molecule has 12 heteroatoms. The van der Waals surface area contributed by atoms with E-state index in [-0.39, 0.29) is 47.3 Å². The summed E-state index contributed by atoms with van der Waals surface area (Å²) in [6, 6.07) is 11.0. The maximum absolute atomic E-state index is 13.6. The van der Waals surface area contributed by atoms with Crippen LogP contribution in [0.4, 0.5) is 14.5 Å². The number of amides is 1. The molecule has 2 bridgehead atoms. The highest BCUT2D eigenvalue weighted by Crippen LogP contribution is 2.47. The molecule has 8 nitrogen and oxygen atoms in total. The number of sulfonamides is 1. The highest BCUT2D eigenvalue weighted by atomic mass is 35.5. The number of hydrogen-bond acceptors (Lipinski definition) is 7. The van der Waals surface area contributed by atoms with Gasteiger partial charge in [0, 0.05) is 36.0 Å². The van der Waals surface area contributed by atoms with Gasteiger partial charge in [-0.25, -0.2) is 21.9 Å². The normalized spacial score (nSPS) is 33.1. The Bertz CT molecular complexity index is 1720. The third-order valence-electron chi connectivity index (χ3n) is 11.6. The number of hydrogen-bond donors (Lipinski definition) is 1. The van der Waals surface area contributed by atoms with Crippen LogP contribution in [0.15, 0.2) is 53.4 Å². The quantitative estimate of drug-likeness (QED) is 0.377. The molecule has 0 aromatic heterocycles. The van der Waals surface area contributed by atoms with Gasteiger partial charge in [0.2, 0.25) is 5.91 Å². The van der Waals surface area contributed by atoms with Gasteiger partial charge in [-0.05, 0) is 97.7 Å². The zero-order valence-corrected chi connectivity index (χ0v) is 29.7. The molecule has 2 aromatic carbocycles. The molecule has 1 N–H and O–H groups in total. The predicted octanol–water partition coefficient (Wildman–Crippen LogP) is 6.21. The van der Waals surface area contributed by atoms with Crippen LogP contribution in [-0.2, 0) is 31.4 Å². The zero-order chi connectivity index (χ0) is 34.6. The Balaban J connectivity index is 1.23. The van der Waals surface area contributed by atoms with Gasteiger partial charge in [-0.1, -0.05) is 43.7 Å². The lowest BCUT2D eigenvalue weighted by Crippen LogP contribution is -2.57. The molecular weight excluding hydrogens is 672 g/mol. The molecule has 5 aliphatic rings. The number of benzene rings is 2. The third kappa shape index (κ3) is 7.10. The molecule has 6 atom stereocenters. The molecule has 1 unspecified atom stereocenters. The van der Waals surface area contributed by atoms with Crippen molar-refractivity contribution >= 4 is 33.2 Å². The van der Waals surface area contributed by atoms with Crippen molar-refractivity contribution in [2.75, 3.05) is 50.8 Å². The van der Waals surface area contributed by atoms with Crippen LogP contribution >= 0.6 is 11.6 Å². The first-order valence-corrected chi connectivity index (χ1v) is 19.4. The molecule has 49 heavy (non-hydrogen) atoms. The maximum atomic E-state index is 13.6. The summed E-state index contributed by atoms with van der Waals surface area (Å²) in [5.74, 6) is -2.78. The minimum Gasteiger partial charge on any atom is -0.490 e. The van der Waals surface area contributed by atoms with Crippen molar-refractivity contribution in [3.63, 3.8) is 0 Å². The summed E-state index contributed by atoms with van der Waals surface area (Å²) in [7, 11) is -4.14. The van der Waals surface area contributed by atoms with Gasteiger partial charge in [-0.2, -0.15) is 0 Å². The second-order valence-corrected chi connectivity index (χ2v) is 17.2. The molecule has 2 aliphatic carbocycles. The fourth-order valence-corrected chi connectivity index (χ4v) is 9.66. The Morgan fingerprint density at radius 1 is 1.10 bits per heavy atom. The molecule has 1 amide bonds. The van der Waals surface area contributed by atoms with Crippen molar-refractivity contribution in [1.82, 2.24) is 9.62 Å². The first-order valence-electron chi connectivity index (χ1n) is 17.6. The van der Waals surface area contributed by atoms with E-state index in [1.807, 2.05) is 19.1 Å². The second-order valence-electron chi connectivity index (χ2n) is 15.0. The molecule has 2 fully saturated rings. The summed E-state index contributed by atoms with van der Waals surface area (Å²) < 4.78 is 69.5. The molecule has 1 spiro atoms. The van der Waals surface area contributed by atoms with E-state index >= 15 is 0 Å². The van der Waals surface area contributed by atoms with Crippen LogP contribution in [0.5, 0.6) is 5.75 Å². The lowest BCUT2D eigenvalue weighted by atomic mass is 9.68. The Hall–Kier alpha value is -2.73. The largest absolute Gasteiger partial charge is 0.490 e. The number of aryl methyl sites for hydroxylation is 1. The van der Waals surface area contributed by atoms with Crippen LogP contribution in [0.1, 0.15) is 57.1 Å². The molecule has 3 aliphatic heterocycles. The SMILES string of the molecule is C[C@H]1C/C=C/[C@H](OCCN2CC(F)(F)C2)C2CC[C@H]2CN2C[C@@]3(CCCc4cc(Cl)ccc43)COc3ccc(cc32)S(=O)(=O)NC(=O)[C@@H]1C. The number of allylic oxidation sites excluding steroid dienone is 1. The zero-order valence-electron chi connectivity index (χ0n) is 28.2. The predicted molar refractivity (Wildman–Crippen MR) is 185 cm³/mol. The topological polar surface area (TPSA) is 88.2 Å². The molecule has 0 radical (unpaired) electrons. The summed E-state index contributed by atoms with van der Waals surface area (Å²) in [4.78, 5) is 17.3. The average Bonchev–Trinajstić information content (AvgIpc) is 3.17. The van der Waals surface area contributed by atoms with Gasteiger partial charge in [0.05, 0.1) is 43.0 Å². The van der Waals surface area contributed by atoms with Gasteiger partial charge in [0.1, 0.15) is 5.75 Å². The van der Waals surface area contributed by atoms with E-state index in [1.165, 1.54) is 17.2 Å². The van der Waals surface area contributed by atoms with E-state index in [0.29, 0.717) is 55.7 Å². The first-order chi connectivity index (χ1) is 23.3. The van der Waals surface area contributed by atoms with Crippen LogP contribution in [0.2, 0.25) is 5.02 Å². The van der Waals surface area contributed by atoms with Crippen molar-refractivity contribution in [3.8, 4) is 5.75 Å². The lowest BCUT2D eigenvalue weighted by Gasteiger charge is -2.46. The van der Waals surface area contributed by atoms with Crippen molar-refractivity contribution in [3.05, 3.63) is 64.7 Å². The van der Waals surface area contributed by atoms with E-state index in [4.69, 9.17) is 21.1 Å². The number of likely N-dealkylation sites (tertiary alicyclic amines) is 1. The monoisotopic (exact) mass is 717 g/mol. The van der Waals surface area contributed by atoms with Gasteiger partial charge in [0.15, 0.2) is 0 Å². The average molecular weight is 718 g/mol. The Morgan fingerprint density at radius 3 is 2.67 bits per heavy atom. The highest BCUT2D eigenvalue weighted by Gasteiger charge is 2.46. The van der Waals surface area contributed by atoms with E-state index in [0.717, 1.165) is 32.1 Å². The number of nitrogens with one attached hydrogen (secondary N) is 1. The van der Waals surface area contributed by atoms with E-state index in [9.17, 15) is 22.0 Å². The third-order valence-corrected chi connectivity index (χ3v) is 13.2. The number of halogens is 3. The van der Waals surface area contributed by atoms with Crippen molar-refractivity contribution in [2.24, 2.45) is 23.7 Å². The van der Waals surface area contributed by atoms with Crippen molar-refractivity contribution in [1.29, 1.82) is 0 Å². The van der Waals surface area contributed by atoms with Crippen molar-refractivity contribution in [2.45, 2.75) is 74.7 Å². The Kier molecular flexibility index (Phi) is 9.51. The number of alkyl halides is 2. The van der Waals surface area contributed by atoms with Crippen LogP contribution in [0.3, 0.4) is 0 Å². The second kappa shape index (κ2) is 13.4. The van der Waals surface area contributed by atoms with Gasteiger partial charge in [-0.3, -0.25) is 9.69 Å². The van der Waals surface area contributed by atoms with Crippen LogP contribution in [0, 0.1) is 23.7 Å². The molecule has 7 rings (SSSR count). The smallest absolute Gasteiger partial charge is 0.272 e. The lowest BCUT2D eigenvalue weighted by molar-refractivity contribution is -0.138. The summed E-state index contributed by atoms with van der Waals surface area (Å²) in [6.07, 6.45) is 9.27. The molecule has 266 valence electrons. The van der Waals surface area contributed by atoms with Crippen LogP contribution in [0.25, 0.3) is 0 Å². The fraction of sp³-hybridized carbons (Fsp3) is 0.595. The number of fused-ring (bicyclic) bond motifs is 4. The number of ether oxygens (including phenoxy) is 2. The minimum atomic E-state index is -4.14. The van der Waals surface area contributed by atoms with E-state index in [1.54, 1.807) is 24.0 Å². The van der Waals surface area contributed by atoms with E-state index in [2.05, 4.69) is 27.8 Å². The fourth-order valence-electron chi connectivity index (χ4n) is 8.38. The number of nitrogens with zero attached hydrogens (tertiary/aromatic N) is 2. The van der Waals surface area contributed by atoms with E-state index < -0.39 is 27.8 Å². The summed E-state index contributed by atoms with van der Waals surface area (Å²) in [5.41, 5.74) is 2.80. The van der Waals surface area contributed by atoms with Gasteiger partial charge in [0.25, 0.3) is 15.9 Å². The number of carbonyl (C=O) groups excluding carboxylic acids is 1. The standard InChI is InChI=1S/C37H46ClF2N3O5S/c1-24-5-3-7-33(47-16-15-42-21-37(39,40)22-42)30-11-8-27(30)19-43-20-36(14-4-6-26-17-28(38)9-12-31(26)36)23-48-34-13-10-29(18-32(34)43)49(45,46)41-35(44)25(24)2/h3,7,9-10,12-13,17-18,24-25,27,30,33H,4-6,8,11,14-16,19-23H2,1-2H3,(H,41,44)/b7-3+/t24-,25+,27-,30?,33-,36-/m0/s1.